The van der Waals surface area contributed by atoms with Crippen molar-refractivity contribution in [3.05, 3.63) is 16.1 Å². The first-order valence-electron chi connectivity index (χ1n) is 6.10. The van der Waals surface area contributed by atoms with Crippen molar-refractivity contribution >= 4 is 23.7 Å². The minimum absolute atomic E-state index is 0. The predicted molar refractivity (Wildman–Crippen MR) is 73.9 cm³/mol. The van der Waals surface area contributed by atoms with Gasteiger partial charge in [0.15, 0.2) is 0 Å². The smallest absolute Gasteiger partial charge is 0.0897 e. The van der Waals surface area contributed by atoms with E-state index in [2.05, 4.69) is 27.5 Å². The van der Waals surface area contributed by atoms with E-state index in [1.807, 2.05) is 0 Å². The highest BCUT2D eigenvalue weighted by Gasteiger charge is 2.40. The molecule has 0 aromatic carbocycles. The van der Waals surface area contributed by atoms with Crippen molar-refractivity contribution in [3.8, 4) is 0 Å². The number of rotatable bonds is 2. The van der Waals surface area contributed by atoms with Gasteiger partial charge in [-0.3, -0.25) is 4.90 Å². The van der Waals surface area contributed by atoms with Gasteiger partial charge >= 0.3 is 0 Å². The van der Waals surface area contributed by atoms with Crippen LogP contribution in [-0.4, -0.2) is 36.1 Å². The molecule has 0 bridgehead atoms. The van der Waals surface area contributed by atoms with E-state index in [1.54, 1.807) is 11.3 Å². The molecule has 3 rings (SSSR count). The SMILES string of the molecule is Cc1nc(CN2CCC3(CCNC3)C2)cs1.Cl. The van der Waals surface area contributed by atoms with Crippen molar-refractivity contribution in [2.24, 2.45) is 5.41 Å². The summed E-state index contributed by atoms with van der Waals surface area (Å²) in [6.45, 7) is 8.07. The van der Waals surface area contributed by atoms with Crippen LogP contribution in [0.5, 0.6) is 0 Å². The maximum Gasteiger partial charge on any atom is 0.0897 e. The van der Waals surface area contributed by atoms with E-state index in [0.717, 1.165) is 6.54 Å². The molecule has 1 atom stereocenters. The van der Waals surface area contributed by atoms with Crippen molar-refractivity contribution in [3.63, 3.8) is 0 Å². The van der Waals surface area contributed by atoms with Crippen LogP contribution < -0.4 is 5.32 Å². The number of nitrogens with one attached hydrogen (secondary N) is 1. The summed E-state index contributed by atoms with van der Waals surface area (Å²) in [5, 5.41) is 6.89. The summed E-state index contributed by atoms with van der Waals surface area (Å²) >= 11 is 1.76. The number of hydrogen-bond acceptors (Lipinski definition) is 4. The average Bonchev–Trinajstić information content (AvgIpc) is 2.94. The molecule has 5 heteroatoms. The van der Waals surface area contributed by atoms with Crippen LogP contribution in [0, 0.1) is 12.3 Å². The summed E-state index contributed by atoms with van der Waals surface area (Å²) in [5.41, 5.74) is 1.84. The maximum atomic E-state index is 4.55. The molecule has 0 amide bonds. The standard InChI is InChI=1S/C12H19N3S.ClH/c1-10-14-11(7-16-10)6-15-5-3-12(9-15)2-4-13-8-12;/h7,13H,2-6,8-9H2,1H3;1H. The molecule has 2 saturated heterocycles. The van der Waals surface area contributed by atoms with Gasteiger partial charge in [-0.15, -0.1) is 23.7 Å². The molecule has 1 spiro atoms. The maximum absolute atomic E-state index is 4.55. The van der Waals surface area contributed by atoms with Gasteiger partial charge in [-0.05, 0) is 38.3 Å². The Labute approximate surface area is 113 Å². The Morgan fingerprint density at radius 2 is 2.41 bits per heavy atom. The zero-order valence-corrected chi connectivity index (χ0v) is 11.9. The Bertz CT molecular complexity index is 374. The fourth-order valence-corrected chi connectivity index (χ4v) is 3.62. The lowest BCUT2D eigenvalue weighted by atomic mass is 9.87. The molecule has 0 radical (unpaired) electrons. The highest BCUT2D eigenvalue weighted by Crippen LogP contribution is 2.36. The van der Waals surface area contributed by atoms with Gasteiger partial charge in [-0.25, -0.2) is 4.98 Å². The van der Waals surface area contributed by atoms with E-state index in [9.17, 15) is 0 Å². The number of thiazole rings is 1. The van der Waals surface area contributed by atoms with Gasteiger partial charge < -0.3 is 5.32 Å². The summed E-state index contributed by atoms with van der Waals surface area (Å²) in [4.78, 5) is 7.12. The quantitative estimate of drug-likeness (QED) is 0.894. The molecule has 2 aliphatic heterocycles. The van der Waals surface area contributed by atoms with E-state index in [0.29, 0.717) is 5.41 Å². The van der Waals surface area contributed by atoms with Crippen LogP contribution in [0.4, 0.5) is 0 Å². The topological polar surface area (TPSA) is 28.2 Å². The number of hydrogen-bond donors (Lipinski definition) is 1. The van der Waals surface area contributed by atoms with Crippen LogP contribution in [-0.2, 0) is 6.54 Å². The number of nitrogens with zero attached hydrogens (tertiary/aromatic N) is 2. The lowest BCUT2D eigenvalue weighted by Gasteiger charge is -2.22. The number of halogens is 1. The summed E-state index contributed by atoms with van der Waals surface area (Å²) in [5.74, 6) is 0. The molecular weight excluding hydrogens is 254 g/mol. The first-order valence-corrected chi connectivity index (χ1v) is 6.98. The molecule has 96 valence electrons. The fraction of sp³-hybridized carbons (Fsp3) is 0.750. The van der Waals surface area contributed by atoms with Gasteiger partial charge in [-0.1, -0.05) is 0 Å². The lowest BCUT2D eigenvalue weighted by molar-refractivity contribution is 0.267. The third kappa shape index (κ3) is 2.81. The molecule has 2 fully saturated rings. The zero-order valence-electron chi connectivity index (χ0n) is 10.2. The summed E-state index contributed by atoms with van der Waals surface area (Å²) in [6, 6.07) is 0. The number of likely N-dealkylation sites (tertiary alicyclic amines) is 1. The first kappa shape index (κ1) is 13.3. The van der Waals surface area contributed by atoms with Crippen LogP contribution in [0.1, 0.15) is 23.5 Å². The molecule has 3 nitrogen and oxygen atoms in total. The molecule has 1 aromatic rings. The van der Waals surface area contributed by atoms with Crippen LogP contribution >= 0.6 is 23.7 Å². The Balaban J connectivity index is 0.00000108. The molecule has 1 aromatic heterocycles. The monoisotopic (exact) mass is 273 g/mol. The highest BCUT2D eigenvalue weighted by atomic mass is 35.5. The molecule has 0 aliphatic carbocycles. The Kier molecular flexibility index (Phi) is 4.08. The molecular formula is C12H20ClN3S. The molecule has 0 saturated carbocycles. The second-order valence-corrected chi connectivity index (χ2v) is 6.31. The molecule has 1 unspecified atom stereocenters. The third-order valence-corrected chi connectivity index (χ3v) is 4.72. The van der Waals surface area contributed by atoms with E-state index < -0.39 is 0 Å². The van der Waals surface area contributed by atoms with Crippen molar-refractivity contribution in [1.29, 1.82) is 0 Å². The van der Waals surface area contributed by atoms with Gasteiger partial charge in [0.25, 0.3) is 0 Å². The van der Waals surface area contributed by atoms with E-state index >= 15 is 0 Å². The van der Waals surface area contributed by atoms with Gasteiger partial charge in [0.2, 0.25) is 0 Å². The number of aryl methyl sites for hydroxylation is 1. The van der Waals surface area contributed by atoms with Gasteiger partial charge in [0.1, 0.15) is 0 Å². The Hall–Kier alpha value is -0.160. The fourth-order valence-electron chi connectivity index (χ4n) is 3.02. The molecule has 17 heavy (non-hydrogen) atoms. The average molecular weight is 274 g/mol. The minimum atomic E-state index is 0. The summed E-state index contributed by atoms with van der Waals surface area (Å²) < 4.78 is 0. The van der Waals surface area contributed by atoms with Crippen molar-refractivity contribution < 1.29 is 0 Å². The second kappa shape index (κ2) is 5.22. The zero-order chi connectivity index (χ0) is 11.0. The van der Waals surface area contributed by atoms with Crippen LogP contribution in [0.25, 0.3) is 0 Å². The van der Waals surface area contributed by atoms with E-state index in [-0.39, 0.29) is 12.4 Å². The van der Waals surface area contributed by atoms with E-state index in [1.165, 1.54) is 49.7 Å². The second-order valence-electron chi connectivity index (χ2n) is 5.25. The van der Waals surface area contributed by atoms with Crippen molar-refractivity contribution in [1.82, 2.24) is 15.2 Å². The minimum Gasteiger partial charge on any atom is -0.316 e. The first-order chi connectivity index (χ1) is 7.76. The van der Waals surface area contributed by atoms with Crippen LogP contribution in [0.2, 0.25) is 0 Å². The van der Waals surface area contributed by atoms with E-state index in [4.69, 9.17) is 0 Å². The Morgan fingerprint density at radius 3 is 3.06 bits per heavy atom. The largest absolute Gasteiger partial charge is 0.316 e. The Morgan fingerprint density at radius 1 is 1.53 bits per heavy atom. The van der Waals surface area contributed by atoms with Gasteiger partial charge in [0, 0.05) is 25.0 Å². The van der Waals surface area contributed by atoms with Crippen molar-refractivity contribution in [2.75, 3.05) is 26.2 Å². The number of aromatic nitrogens is 1. The van der Waals surface area contributed by atoms with Crippen LogP contribution in [0.15, 0.2) is 5.38 Å². The van der Waals surface area contributed by atoms with Gasteiger partial charge in [0.05, 0.1) is 10.7 Å². The highest BCUT2D eigenvalue weighted by molar-refractivity contribution is 7.09. The molecule has 3 heterocycles. The molecule has 2 aliphatic rings. The van der Waals surface area contributed by atoms with Crippen molar-refractivity contribution in [2.45, 2.75) is 26.3 Å². The summed E-state index contributed by atoms with van der Waals surface area (Å²) in [7, 11) is 0. The third-order valence-electron chi connectivity index (χ3n) is 3.90. The van der Waals surface area contributed by atoms with Crippen LogP contribution in [0.3, 0.4) is 0 Å². The van der Waals surface area contributed by atoms with Gasteiger partial charge in [-0.2, -0.15) is 0 Å². The summed E-state index contributed by atoms with van der Waals surface area (Å²) in [6.07, 6.45) is 2.72. The molecule has 1 N–H and O–H groups in total. The normalized spacial score (nSPS) is 28.8. The lowest BCUT2D eigenvalue weighted by Crippen LogP contribution is -2.29. The predicted octanol–water partition coefficient (Wildman–Crippen LogP) is 2.06.